The van der Waals surface area contributed by atoms with Crippen molar-refractivity contribution in [2.45, 2.75) is 42.9 Å². The van der Waals surface area contributed by atoms with Crippen LogP contribution in [0.5, 0.6) is 0 Å². The van der Waals surface area contributed by atoms with E-state index >= 15 is 0 Å². The summed E-state index contributed by atoms with van der Waals surface area (Å²) >= 11 is 3.19. The van der Waals surface area contributed by atoms with Crippen LogP contribution in [0, 0.1) is 0 Å². The third-order valence-electron chi connectivity index (χ3n) is 4.10. The fourth-order valence-electron chi connectivity index (χ4n) is 2.20. The van der Waals surface area contributed by atoms with Crippen molar-refractivity contribution < 1.29 is 4.79 Å². The summed E-state index contributed by atoms with van der Waals surface area (Å²) in [6.07, 6.45) is 8.08. The molecule has 20 heavy (non-hydrogen) atoms. The first-order chi connectivity index (χ1) is 9.62. The monoisotopic (exact) mass is 312 g/mol. The highest BCUT2D eigenvalue weighted by molar-refractivity contribution is 8.00. The van der Waals surface area contributed by atoms with Gasteiger partial charge >= 0.3 is 0 Å². The van der Waals surface area contributed by atoms with Crippen LogP contribution in [0.3, 0.4) is 0 Å². The second-order valence-electron chi connectivity index (χ2n) is 5.58. The smallest absolute Gasteiger partial charge is 0.265 e. The number of hydrogen-bond donors (Lipinski definition) is 3. The normalized spacial score (nSPS) is 20.2. The van der Waals surface area contributed by atoms with Gasteiger partial charge in [0.1, 0.15) is 10.7 Å². The number of rotatable bonds is 6. The lowest BCUT2D eigenvalue weighted by atomic mass is 9.93. The lowest BCUT2D eigenvalue weighted by Crippen LogP contribution is -2.31. The molecule has 1 aromatic rings. The lowest BCUT2D eigenvalue weighted by Gasteiger charge is -2.25. The predicted molar refractivity (Wildman–Crippen MR) is 85.6 cm³/mol. The summed E-state index contributed by atoms with van der Waals surface area (Å²) in [5, 5.41) is 7.09. The average molecular weight is 312 g/mol. The molecular formula is C13H20N4OS2. The number of anilines is 2. The number of thioether (sulfide) groups is 1. The number of aromatic nitrogens is 1. The zero-order chi connectivity index (χ0) is 14.2. The second-order valence-corrected chi connectivity index (χ2v) is 7.85. The van der Waals surface area contributed by atoms with E-state index in [1.165, 1.54) is 43.4 Å². The van der Waals surface area contributed by atoms with Crippen LogP contribution in [-0.2, 0) is 0 Å². The molecule has 2 aliphatic rings. The van der Waals surface area contributed by atoms with E-state index in [4.69, 9.17) is 5.73 Å². The van der Waals surface area contributed by atoms with Gasteiger partial charge in [0.25, 0.3) is 5.91 Å². The van der Waals surface area contributed by atoms with Crippen LogP contribution >= 0.6 is 23.1 Å². The van der Waals surface area contributed by atoms with Crippen LogP contribution in [0.15, 0.2) is 0 Å². The third kappa shape index (κ3) is 2.88. The number of nitrogens with zero attached hydrogens (tertiary/aromatic N) is 1. The largest absolute Gasteiger partial charge is 0.382 e. The van der Waals surface area contributed by atoms with Gasteiger partial charge < -0.3 is 16.4 Å². The van der Waals surface area contributed by atoms with Crippen molar-refractivity contribution in [3.63, 3.8) is 0 Å². The first kappa shape index (κ1) is 14.0. The van der Waals surface area contributed by atoms with Gasteiger partial charge in [-0.2, -0.15) is 11.8 Å². The predicted octanol–water partition coefficient (Wildman–Crippen LogP) is 2.32. The van der Waals surface area contributed by atoms with Crippen molar-refractivity contribution in [1.29, 1.82) is 0 Å². The summed E-state index contributed by atoms with van der Waals surface area (Å²) in [6, 6.07) is 0.502. The molecule has 0 spiro atoms. The third-order valence-corrected chi connectivity index (χ3v) is 6.52. The molecular weight excluding hydrogens is 292 g/mol. The highest BCUT2D eigenvalue weighted by atomic mass is 32.2. The van der Waals surface area contributed by atoms with E-state index in [2.05, 4.69) is 21.9 Å². The van der Waals surface area contributed by atoms with Crippen LogP contribution in [-0.4, -0.2) is 34.5 Å². The van der Waals surface area contributed by atoms with Gasteiger partial charge in [-0.1, -0.05) is 11.3 Å². The molecule has 3 rings (SSSR count). The Kier molecular flexibility index (Phi) is 3.81. The van der Waals surface area contributed by atoms with Crippen molar-refractivity contribution in [3.8, 4) is 0 Å². The number of hydrogen-bond acceptors (Lipinski definition) is 6. The molecule has 1 amide bonds. The SMILES string of the molecule is CSC1(CNC(=O)c2sc(NC3CCC3)nc2N)CC1. The molecule has 2 saturated carbocycles. The Balaban J connectivity index is 1.59. The van der Waals surface area contributed by atoms with Crippen LogP contribution in [0.4, 0.5) is 10.9 Å². The van der Waals surface area contributed by atoms with Gasteiger partial charge in [0.15, 0.2) is 5.13 Å². The van der Waals surface area contributed by atoms with E-state index < -0.39 is 0 Å². The maximum absolute atomic E-state index is 12.2. The van der Waals surface area contributed by atoms with Crippen molar-refractivity contribution in [2.24, 2.45) is 0 Å². The Labute approximate surface area is 127 Å². The molecule has 0 radical (unpaired) electrons. The van der Waals surface area contributed by atoms with Crippen LogP contribution in [0.1, 0.15) is 41.8 Å². The molecule has 4 N–H and O–H groups in total. The van der Waals surface area contributed by atoms with Crippen molar-refractivity contribution in [1.82, 2.24) is 10.3 Å². The van der Waals surface area contributed by atoms with Gasteiger partial charge in [-0.25, -0.2) is 4.98 Å². The molecule has 7 heteroatoms. The van der Waals surface area contributed by atoms with Crippen molar-refractivity contribution in [3.05, 3.63) is 4.88 Å². The molecule has 0 bridgehead atoms. The van der Waals surface area contributed by atoms with E-state index in [9.17, 15) is 4.79 Å². The number of carbonyl (C=O) groups excluding carboxylic acids is 1. The van der Waals surface area contributed by atoms with E-state index in [-0.39, 0.29) is 10.7 Å². The molecule has 0 atom stereocenters. The lowest BCUT2D eigenvalue weighted by molar-refractivity contribution is 0.0957. The summed E-state index contributed by atoms with van der Waals surface area (Å²) < 4.78 is 0.266. The maximum atomic E-state index is 12.2. The first-order valence-corrected chi connectivity index (χ1v) is 9.02. The molecule has 0 aliphatic heterocycles. The van der Waals surface area contributed by atoms with Gasteiger partial charge in [-0.3, -0.25) is 4.79 Å². The Bertz CT molecular complexity index is 508. The minimum Gasteiger partial charge on any atom is -0.382 e. The van der Waals surface area contributed by atoms with E-state index in [0.717, 1.165) is 11.7 Å². The molecule has 2 fully saturated rings. The number of nitrogens with two attached hydrogens (primary N) is 1. The highest BCUT2D eigenvalue weighted by Gasteiger charge is 2.42. The minimum absolute atomic E-state index is 0.0954. The average Bonchev–Trinajstić information content (AvgIpc) is 3.08. The van der Waals surface area contributed by atoms with Crippen LogP contribution in [0.2, 0.25) is 0 Å². The van der Waals surface area contributed by atoms with Gasteiger partial charge in [-0.15, -0.1) is 0 Å². The second kappa shape index (κ2) is 5.44. The molecule has 0 aromatic carbocycles. The van der Waals surface area contributed by atoms with E-state index in [1.807, 2.05) is 11.8 Å². The molecule has 0 unspecified atom stereocenters. The topological polar surface area (TPSA) is 80.0 Å². The number of amides is 1. The number of thiazole rings is 1. The van der Waals surface area contributed by atoms with Crippen molar-refractivity contribution >= 4 is 40.0 Å². The molecule has 0 saturated heterocycles. The molecule has 5 nitrogen and oxygen atoms in total. The van der Waals surface area contributed by atoms with Gasteiger partial charge in [0, 0.05) is 17.3 Å². The van der Waals surface area contributed by atoms with Crippen LogP contribution < -0.4 is 16.4 Å². The Morgan fingerprint density at radius 3 is 2.85 bits per heavy atom. The van der Waals surface area contributed by atoms with Crippen LogP contribution in [0.25, 0.3) is 0 Å². The fraction of sp³-hybridized carbons (Fsp3) is 0.692. The Morgan fingerprint density at radius 2 is 2.30 bits per heavy atom. The standard InChI is InChI=1S/C13H20N4OS2/c1-19-13(5-6-13)7-15-11(18)9-10(14)17-12(20-9)16-8-3-2-4-8/h8H,2-7,14H2,1H3,(H,15,18)(H,16,17). The van der Waals surface area contributed by atoms with Gasteiger partial charge in [-0.05, 0) is 38.4 Å². The molecule has 2 aliphatic carbocycles. The fourth-order valence-corrected chi connectivity index (χ4v) is 3.80. The number of carbonyl (C=O) groups is 1. The van der Waals surface area contributed by atoms with E-state index in [0.29, 0.717) is 16.7 Å². The Morgan fingerprint density at radius 1 is 1.55 bits per heavy atom. The minimum atomic E-state index is -0.0954. The molecule has 1 heterocycles. The van der Waals surface area contributed by atoms with Gasteiger partial charge in [0.05, 0.1) is 0 Å². The highest BCUT2D eigenvalue weighted by Crippen LogP contribution is 2.46. The summed E-state index contributed by atoms with van der Waals surface area (Å²) in [5.74, 6) is 0.241. The number of nitrogen functional groups attached to an aromatic ring is 1. The van der Waals surface area contributed by atoms with Gasteiger partial charge in [0.2, 0.25) is 0 Å². The molecule has 1 aromatic heterocycles. The summed E-state index contributed by atoms with van der Waals surface area (Å²) in [6.45, 7) is 0.718. The summed E-state index contributed by atoms with van der Waals surface area (Å²) in [4.78, 5) is 17.0. The maximum Gasteiger partial charge on any atom is 0.265 e. The zero-order valence-corrected chi connectivity index (χ0v) is 13.2. The quantitative estimate of drug-likeness (QED) is 0.751. The summed E-state index contributed by atoms with van der Waals surface area (Å²) in [5.41, 5.74) is 5.86. The molecule has 110 valence electrons. The Hall–Kier alpha value is -0.950. The first-order valence-electron chi connectivity index (χ1n) is 6.98. The summed E-state index contributed by atoms with van der Waals surface area (Å²) in [7, 11) is 0. The van der Waals surface area contributed by atoms with E-state index in [1.54, 1.807) is 0 Å². The number of nitrogens with one attached hydrogen (secondary N) is 2. The zero-order valence-electron chi connectivity index (χ0n) is 11.6. The van der Waals surface area contributed by atoms with Crippen molar-refractivity contribution in [2.75, 3.05) is 23.9 Å².